The summed E-state index contributed by atoms with van der Waals surface area (Å²) in [6, 6.07) is 77.7. The van der Waals surface area contributed by atoms with Gasteiger partial charge in [0, 0.05) is 27.6 Å². The van der Waals surface area contributed by atoms with Crippen molar-refractivity contribution in [2.75, 3.05) is 0 Å². The van der Waals surface area contributed by atoms with Crippen molar-refractivity contribution in [2.24, 2.45) is 0 Å². The van der Waals surface area contributed by atoms with Gasteiger partial charge < -0.3 is 4.42 Å². The van der Waals surface area contributed by atoms with E-state index in [2.05, 4.69) is 182 Å². The Morgan fingerprint density at radius 2 is 0.885 bits per heavy atom. The molecule has 0 aliphatic rings. The maximum absolute atomic E-state index is 6.23. The third kappa shape index (κ3) is 6.23. The van der Waals surface area contributed by atoms with Gasteiger partial charge in [-0.3, -0.25) is 0 Å². The molecule has 0 spiro atoms. The molecule has 0 aliphatic carbocycles. The maximum atomic E-state index is 6.23. The van der Waals surface area contributed by atoms with Crippen molar-refractivity contribution >= 4 is 54.1 Å². The van der Waals surface area contributed by atoms with E-state index in [1.807, 2.05) is 36.4 Å². The Labute approximate surface area is 352 Å². The Kier molecular flexibility index (Phi) is 8.17. The van der Waals surface area contributed by atoms with Crippen molar-refractivity contribution < 1.29 is 4.42 Å². The summed E-state index contributed by atoms with van der Waals surface area (Å²) < 4.78 is 6.23. The van der Waals surface area contributed by atoms with Gasteiger partial charge in [0.15, 0.2) is 5.82 Å². The Balaban J connectivity index is 0.895. The van der Waals surface area contributed by atoms with Crippen molar-refractivity contribution in [2.45, 2.75) is 0 Å². The van der Waals surface area contributed by atoms with Gasteiger partial charge in [0.1, 0.15) is 11.3 Å². The lowest BCUT2D eigenvalue weighted by Crippen LogP contribution is -1.96. The third-order valence-electron chi connectivity index (χ3n) is 12.0. The first-order valence-corrected chi connectivity index (χ1v) is 20.7. The molecule has 10 aromatic carbocycles. The van der Waals surface area contributed by atoms with Crippen LogP contribution in [-0.2, 0) is 0 Å². The number of furan rings is 1. The minimum atomic E-state index is 0.685. The number of hydrogen-bond donors (Lipinski definition) is 0. The summed E-state index contributed by atoms with van der Waals surface area (Å²) in [6.07, 6.45) is 0. The van der Waals surface area contributed by atoms with Gasteiger partial charge >= 0.3 is 0 Å². The number of nitrogens with zero attached hydrogens (tertiary/aromatic N) is 2. The number of aromatic nitrogens is 2. The van der Waals surface area contributed by atoms with Crippen molar-refractivity contribution in [1.29, 1.82) is 0 Å². The van der Waals surface area contributed by atoms with Gasteiger partial charge in [0.05, 0.1) is 11.4 Å². The lowest BCUT2D eigenvalue weighted by Gasteiger charge is -2.15. The molecule has 0 aliphatic heterocycles. The second-order valence-corrected chi connectivity index (χ2v) is 15.8. The summed E-state index contributed by atoms with van der Waals surface area (Å²) in [7, 11) is 0. The summed E-state index contributed by atoms with van der Waals surface area (Å²) in [5.41, 5.74) is 11.4. The normalized spacial score (nSPS) is 11.6. The van der Waals surface area contributed by atoms with E-state index >= 15 is 0 Å². The van der Waals surface area contributed by atoms with E-state index < -0.39 is 0 Å². The van der Waals surface area contributed by atoms with Crippen LogP contribution in [0.5, 0.6) is 0 Å². The van der Waals surface area contributed by atoms with Gasteiger partial charge in [-0.15, -0.1) is 0 Å². The summed E-state index contributed by atoms with van der Waals surface area (Å²) in [5.74, 6) is 1.52. The highest BCUT2D eigenvalue weighted by molar-refractivity contribution is 6.20. The van der Waals surface area contributed by atoms with Gasteiger partial charge in [-0.05, 0) is 108 Å². The molecule has 0 N–H and O–H groups in total. The zero-order valence-corrected chi connectivity index (χ0v) is 33.1. The van der Waals surface area contributed by atoms with Gasteiger partial charge in [-0.25, -0.2) is 9.97 Å². The first-order valence-electron chi connectivity index (χ1n) is 20.7. The van der Waals surface area contributed by atoms with E-state index in [0.717, 1.165) is 55.9 Å². The van der Waals surface area contributed by atoms with Crippen molar-refractivity contribution in [3.8, 4) is 67.5 Å². The van der Waals surface area contributed by atoms with E-state index in [4.69, 9.17) is 14.4 Å². The van der Waals surface area contributed by atoms with E-state index in [1.54, 1.807) is 0 Å². The molecule has 0 bridgehead atoms. The van der Waals surface area contributed by atoms with Crippen molar-refractivity contribution in [3.05, 3.63) is 218 Å². The molecule has 3 heteroatoms. The molecular formula is C58H36N2O. The average molecular weight is 777 g/mol. The van der Waals surface area contributed by atoms with E-state index in [-0.39, 0.29) is 0 Å². The fourth-order valence-corrected chi connectivity index (χ4v) is 8.96. The second-order valence-electron chi connectivity index (χ2n) is 15.8. The highest BCUT2D eigenvalue weighted by Gasteiger charge is 2.15. The first-order chi connectivity index (χ1) is 30.2. The quantitative estimate of drug-likeness (QED) is 0.125. The smallest absolute Gasteiger partial charge is 0.160 e. The van der Waals surface area contributed by atoms with Crippen LogP contribution in [0, 0.1) is 0 Å². The number of para-hydroxylation sites is 1. The molecule has 2 aromatic heterocycles. The highest BCUT2D eigenvalue weighted by atomic mass is 16.3. The van der Waals surface area contributed by atoms with E-state index in [9.17, 15) is 0 Å². The van der Waals surface area contributed by atoms with E-state index in [1.165, 1.54) is 59.8 Å². The summed E-state index contributed by atoms with van der Waals surface area (Å²) >= 11 is 0. The van der Waals surface area contributed by atoms with Crippen LogP contribution < -0.4 is 0 Å². The molecule has 284 valence electrons. The van der Waals surface area contributed by atoms with Crippen LogP contribution in [-0.4, -0.2) is 9.97 Å². The Bertz CT molecular complexity index is 3610. The molecule has 12 rings (SSSR count). The highest BCUT2D eigenvalue weighted by Crippen LogP contribution is 2.41. The van der Waals surface area contributed by atoms with Crippen molar-refractivity contribution in [3.63, 3.8) is 0 Å². The predicted molar refractivity (Wildman–Crippen MR) is 254 cm³/mol. The SMILES string of the molecule is c1ccc(-c2nc(-c3ccc(-c4ccc5cc(-c6c7ccccc7cc7c6ccc6ccccc67)ccc5c4)cc3)cc(-c3cccc(-c4cc5ccccc5o4)c3)n2)cc1. The average Bonchev–Trinajstić information content (AvgIpc) is 3.78. The van der Waals surface area contributed by atoms with Gasteiger partial charge in [-0.2, -0.15) is 0 Å². The number of fused-ring (bicyclic) bond motifs is 6. The van der Waals surface area contributed by atoms with Crippen LogP contribution >= 0.6 is 0 Å². The fraction of sp³-hybridized carbons (Fsp3) is 0. The predicted octanol–water partition coefficient (Wildman–Crippen LogP) is 15.8. The summed E-state index contributed by atoms with van der Waals surface area (Å²) in [5, 5.41) is 11.1. The van der Waals surface area contributed by atoms with Crippen LogP contribution in [0.2, 0.25) is 0 Å². The topological polar surface area (TPSA) is 38.9 Å². The molecular weight excluding hydrogens is 741 g/mol. The second kappa shape index (κ2) is 14.3. The van der Waals surface area contributed by atoms with Crippen LogP contribution in [0.25, 0.3) is 122 Å². The molecule has 0 saturated carbocycles. The molecule has 12 aromatic rings. The summed E-state index contributed by atoms with van der Waals surface area (Å²) in [4.78, 5) is 10.2. The first kappa shape index (κ1) is 34.9. The maximum Gasteiger partial charge on any atom is 0.160 e. The largest absolute Gasteiger partial charge is 0.456 e. The molecule has 0 unspecified atom stereocenters. The standard InChI is InChI=1S/C58H36N2O/c1-2-12-40(13-3-1)58-59-53(36-54(60-58)45-16-10-17-46(33-45)56-35-47-15-6-9-20-55(47)61-56)39-23-21-37(22-24-39)41-25-26-43-32-48(28-27-42(43)31-41)57-50-19-8-5-14-44(50)34-52-49-18-7-4-11-38(49)29-30-51(52)57/h1-36H. The minimum Gasteiger partial charge on any atom is -0.456 e. The monoisotopic (exact) mass is 776 g/mol. The van der Waals surface area contributed by atoms with Crippen LogP contribution in [0.15, 0.2) is 223 Å². The number of rotatable bonds is 6. The van der Waals surface area contributed by atoms with Gasteiger partial charge in [-0.1, -0.05) is 176 Å². The summed E-state index contributed by atoms with van der Waals surface area (Å²) in [6.45, 7) is 0. The number of hydrogen-bond acceptors (Lipinski definition) is 3. The Morgan fingerprint density at radius 1 is 0.279 bits per heavy atom. The van der Waals surface area contributed by atoms with E-state index in [0.29, 0.717) is 5.82 Å². The molecule has 0 saturated heterocycles. The molecule has 0 radical (unpaired) electrons. The lowest BCUT2D eigenvalue weighted by atomic mass is 9.89. The van der Waals surface area contributed by atoms with Crippen molar-refractivity contribution in [1.82, 2.24) is 9.97 Å². The Hall–Kier alpha value is -8.14. The fourth-order valence-electron chi connectivity index (χ4n) is 8.96. The van der Waals surface area contributed by atoms with Crippen LogP contribution in [0.4, 0.5) is 0 Å². The molecule has 2 heterocycles. The molecule has 61 heavy (non-hydrogen) atoms. The molecule has 0 atom stereocenters. The zero-order chi connectivity index (χ0) is 40.3. The Morgan fingerprint density at radius 3 is 1.70 bits per heavy atom. The zero-order valence-electron chi connectivity index (χ0n) is 33.1. The van der Waals surface area contributed by atoms with Gasteiger partial charge in [0.2, 0.25) is 0 Å². The molecule has 0 fully saturated rings. The van der Waals surface area contributed by atoms with Crippen LogP contribution in [0.1, 0.15) is 0 Å². The minimum absolute atomic E-state index is 0.685. The van der Waals surface area contributed by atoms with Crippen LogP contribution in [0.3, 0.4) is 0 Å². The molecule has 0 amide bonds. The third-order valence-corrected chi connectivity index (χ3v) is 12.0. The van der Waals surface area contributed by atoms with Gasteiger partial charge in [0.25, 0.3) is 0 Å². The lowest BCUT2D eigenvalue weighted by molar-refractivity contribution is 0.631. The number of benzene rings is 10. The molecule has 3 nitrogen and oxygen atoms in total.